The van der Waals surface area contributed by atoms with Gasteiger partial charge in [0.1, 0.15) is 10.7 Å². The average molecular weight is 383 g/mol. The number of hydrogen-bond donors (Lipinski definition) is 2. The van der Waals surface area contributed by atoms with Crippen LogP contribution in [0, 0.1) is 0 Å². The van der Waals surface area contributed by atoms with E-state index >= 15 is 0 Å². The van der Waals surface area contributed by atoms with Gasteiger partial charge in [-0.2, -0.15) is 5.10 Å². The van der Waals surface area contributed by atoms with Crippen molar-refractivity contribution in [3.05, 3.63) is 46.6 Å². The monoisotopic (exact) mass is 383 g/mol. The Hall–Kier alpha value is -2.81. The summed E-state index contributed by atoms with van der Waals surface area (Å²) < 4.78 is 0. The molecule has 3 aromatic rings. The van der Waals surface area contributed by atoms with Crippen molar-refractivity contribution >= 4 is 17.4 Å². The van der Waals surface area contributed by atoms with Gasteiger partial charge in [-0.3, -0.25) is 15.1 Å². The molecule has 0 aromatic carbocycles. The van der Waals surface area contributed by atoms with E-state index in [0.29, 0.717) is 13.1 Å². The van der Waals surface area contributed by atoms with Crippen LogP contribution in [0.15, 0.2) is 24.0 Å². The van der Waals surface area contributed by atoms with E-state index in [1.807, 2.05) is 5.38 Å². The van der Waals surface area contributed by atoms with Crippen LogP contribution in [0.25, 0.3) is 10.7 Å². The average Bonchev–Trinajstić information content (AvgIpc) is 3.34. The van der Waals surface area contributed by atoms with E-state index in [1.54, 1.807) is 30.5 Å². The lowest BCUT2D eigenvalue weighted by Gasteiger charge is -2.18. The summed E-state index contributed by atoms with van der Waals surface area (Å²) in [6.45, 7) is 0.873. The molecule has 0 spiro atoms. The summed E-state index contributed by atoms with van der Waals surface area (Å²) in [5.74, 6) is 0. The van der Waals surface area contributed by atoms with E-state index in [-0.39, 0.29) is 6.03 Å². The van der Waals surface area contributed by atoms with Gasteiger partial charge in [-0.15, -0.1) is 11.3 Å². The standard InChI is InChI=1S/C18H21N7OS/c1-25(10-16-13-4-2-3-5-14(13)23-24-16)18(26)21-8-12-11-27-17(22-12)15-9-19-6-7-20-15/h6-7,9,11H,2-5,8,10H2,1H3,(H,21,26)(H,23,24). The minimum absolute atomic E-state index is 0.142. The van der Waals surface area contributed by atoms with Crippen LogP contribution in [-0.2, 0) is 25.9 Å². The molecule has 2 N–H and O–H groups in total. The number of nitrogens with zero attached hydrogens (tertiary/aromatic N) is 5. The van der Waals surface area contributed by atoms with Crippen LogP contribution in [0.3, 0.4) is 0 Å². The molecule has 0 atom stereocenters. The molecule has 0 aliphatic heterocycles. The maximum atomic E-state index is 12.4. The van der Waals surface area contributed by atoms with Gasteiger partial charge in [0.2, 0.25) is 0 Å². The van der Waals surface area contributed by atoms with Gasteiger partial charge in [0, 0.05) is 30.5 Å². The molecule has 3 heterocycles. The molecule has 0 saturated heterocycles. The topological polar surface area (TPSA) is 99.7 Å². The maximum absolute atomic E-state index is 12.4. The Morgan fingerprint density at radius 3 is 3.07 bits per heavy atom. The first-order valence-electron chi connectivity index (χ1n) is 8.95. The number of aryl methyl sites for hydroxylation is 1. The van der Waals surface area contributed by atoms with E-state index in [2.05, 4.69) is 30.5 Å². The number of amides is 2. The number of H-pyrrole nitrogens is 1. The molecule has 140 valence electrons. The van der Waals surface area contributed by atoms with Crippen LogP contribution in [-0.4, -0.2) is 43.1 Å². The summed E-state index contributed by atoms with van der Waals surface area (Å²) in [4.78, 5) is 26.9. The molecular weight excluding hydrogens is 362 g/mol. The van der Waals surface area contributed by atoms with E-state index in [1.165, 1.54) is 35.4 Å². The van der Waals surface area contributed by atoms with Gasteiger partial charge >= 0.3 is 6.03 Å². The zero-order valence-corrected chi connectivity index (χ0v) is 15.9. The van der Waals surface area contributed by atoms with Gasteiger partial charge < -0.3 is 10.2 Å². The molecule has 3 aromatic heterocycles. The normalized spacial score (nSPS) is 13.2. The number of rotatable bonds is 5. The molecule has 4 rings (SSSR count). The van der Waals surface area contributed by atoms with E-state index in [4.69, 9.17) is 0 Å². The summed E-state index contributed by atoms with van der Waals surface area (Å²) in [6, 6.07) is -0.142. The quantitative estimate of drug-likeness (QED) is 0.705. The molecule has 8 nitrogen and oxygen atoms in total. The summed E-state index contributed by atoms with van der Waals surface area (Å²) in [6.07, 6.45) is 9.43. The molecule has 9 heteroatoms. The number of thiazole rings is 1. The number of aromatic amines is 1. The van der Waals surface area contributed by atoms with Crippen molar-refractivity contribution in [3.63, 3.8) is 0 Å². The minimum atomic E-state index is -0.142. The van der Waals surface area contributed by atoms with Crippen molar-refractivity contribution in [1.82, 2.24) is 35.4 Å². The summed E-state index contributed by atoms with van der Waals surface area (Å²) in [7, 11) is 1.78. The minimum Gasteiger partial charge on any atom is -0.332 e. The number of nitrogens with one attached hydrogen (secondary N) is 2. The fraction of sp³-hybridized carbons (Fsp3) is 0.389. The first-order valence-corrected chi connectivity index (χ1v) is 9.83. The lowest BCUT2D eigenvalue weighted by Crippen LogP contribution is -2.36. The zero-order valence-electron chi connectivity index (χ0n) is 15.1. The van der Waals surface area contributed by atoms with Gasteiger partial charge in [0.05, 0.1) is 30.7 Å². The van der Waals surface area contributed by atoms with Crippen LogP contribution in [0.1, 0.15) is 35.5 Å². The second-order valence-corrected chi connectivity index (χ2v) is 7.44. The molecule has 0 fully saturated rings. The van der Waals surface area contributed by atoms with Crippen LogP contribution in [0.2, 0.25) is 0 Å². The van der Waals surface area contributed by atoms with E-state index in [9.17, 15) is 4.79 Å². The third-order valence-electron chi connectivity index (χ3n) is 4.63. The predicted molar refractivity (Wildman–Crippen MR) is 102 cm³/mol. The van der Waals surface area contributed by atoms with Gasteiger partial charge in [0.25, 0.3) is 0 Å². The molecule has 0 saturated carbocycles. The number of hydrogen-bond acceptors (Lipinski definition) is 6. The molecule has 1 aliphatic rings. The molecule has 0 bridgehead atoms. The number of aromatic nitrogens is 5. The Labute approximate surface area is 161 Å². The van der Waals surface area contributed by atoms with Gasteiger partial charge in [-0.1, -0.05) is 0 Å². The van der Waals surface area contributed by atoms with Crippen LogP contribution in [0.5, 0.6) is 0 Å². The lowest BCUT2D eigenvalue weighted by molar-refractivity contribution is 0.205. The van der Waals surface area contributed by atoms with Crippen LogP contribution < -0.4 is 5.32 Å². The highest BCUT2D eigenvalue weighted by molar-refractivity contribution is 7.13. The molecule has 2 amide bonds. The van der Waals surface area contributed by atoms with Crippen molar-refractivity contribution in [1.29, 1.82) is 0 Å². The zero-order chi connectivity index (χ0) is 18.6. The highest BCUT2D eigenvalue weighted by Crippen LogP contribution is 2.23. The molecule has 0 unspecified atom stereocenters. The number of fused-ring (bicyclic) bond motifs is 1. The highest BCUT2D eigenvalue weighted by Gasteiger charge is 2.19. The number of urea groups is 1. The van der Waals surface area contributed by atoms with Gasteiger partial charge in [0.15, 0.2) is 0 Å². The van der Waals surface area contributed by atoms with Crippen molar-refractivity contribution in [2.75, 3.05) is 7.05 Å². The van der Waals surface area contributed by atoms with E-state index < -0.39 is 0 Å². The third kappa shape index (κ3) is 3.97. The first-order chi connectivity index (χ1) is 13.2. The summed E-state index contributed by atoms with van der Waals surface area (Å²) in [5.41, 5.74) is 5.03. The fourth-order valence-corrected chi connectivity index (χ4v) is 3.97. The Kier molecular flexibility index (Phi) is 5.10. The van der Waals surface area contributed by atoms with Gasteiger partial charge in [-0.05, 0) is 31.2 Å². The Morgan fingerprint density at radius 1 is 1.33 bits per heavy atom. The smallest absolute Gasteiger partial charge is 0.317 e. The van der Waals surface area contributed by atoms with Gasteiger partial charge in [-0.25, -0.2) is 9.78 Å². The molecular formula is C18H21N7OS. The largest absolute Gasteiger partial charge is 0.332 e. The summed E-state index contributed by atoms with van der Waals surface area (Å²) in [5, 5.41) is 13.2. The van der Waals surface area contributed by atoms with Crippen LogP contribution in [0.4, 0.5) is 4.79 Å². The Bertz CT molecular complexity index is 921. The van der Waals surface area contributed by atoms with Crippen molar-refractivity contribution < 1.29 is 4.79 Å². The Balaban J connectivity index is 1.33. The molecule has 0 radical (unpaired) electrons. The third-order valence-corrected chi connectivity index (χ3v) is 5.54. The lowest BCUT2D eigenvalue weighted by atomic mass is 9.96. The first kappa shape index (κ1) is 17.6. The second kappa shape index (κ2) is 7.83. The molecule has 1 aliphatic carbocycles. The van der Waals surface area contributed by atoms with Crippen molar-refractivity contribution in [2.45, 2.75) is 38.8 Å². The van der Waals surface area contributed by atoms with E-state index in [0.717, 1.165) is 34.9 Å². The van der Waals surface area contributed by atoms with Crippen molar-refractivity contribution in [3.8, 4) is 10.7 Å². The maximum Gasteiger partial charge on any atom is 0.317 e. The number of carbonyl (C=O) groups is 1. The summed E-state index contributed by atoms with van der Waals surface area (Å²) >= 11 is 1.49. The van der Waals surface area contributed by atoms with Crippen LogP contribution >= 0.6 is 11.3 Å². The second-order valence-electron chi connectivity index (χ2n) is 6.58. The SMILES string of the molecule is CN(Cc1n[nH]c2c1CCCC2)C(=O)NCc1csc(-c2cnccn2)n1. The van der Waals surface area contributed by atoms with Crippen molar-refractivity contribution in [2.24, 2.45) is 0 Å². The number of carbonyl (C=O) groups excluding carboxylic acids is 1. The Morgan fingerprint density at radius 2 is 2.22 bits per heavy atom. The fourth-order valence-electron chi connectivity index (χ4n) is 3.19. The molecule has 27 heavy (non-hydrogen) atoms. The predicted octanol–water partition coefficient (Wildman–Crippen LogP) is 2.54. The highest BCUT2D eigenvalue weighted by atomic mass is 32.1.